The molecule has 12 heteroatoms. The van der Waals surface area contributed by atoms with E-state index in [0.717, 1.165) is 44.4 Å². The number of carbonyl (C=O) groups is 2. The highest BCUT2D eigenvalue weighted by molar-refractivity contribution is 7.91. The van der Waals surface area contributed by atoms with E-state index in [4.69, 9.17) is 4.74 Å². The number of halogens is 3. The number of hydrogen-bond donors (Lipinski definition) is 0. The number of piperidine rings is 1. The van der Waals surface area contributed by atoms with E-state index in [1.165, 1.54) is 6.07 Å². The van der Waals surface area contributed by atoms with E-state index in [-0.39, 0.29) is 29.5 Å². The molecule has 200 valence electrons. The first kappa shape index (κ1) is 26.7. The summed E-state index contributed by atoms with van der Waals surface area (Å²) in [7, 11) is -3.17. The fraction of sp³-hybridized carbons (Fsp3) is 0.708. The maximum atomic E-state index is 13.1. The number of amides is 1. The number of aromatic nitrogens is 1. The van der Waals surface area contributed by atoms with E-state index in [1.807, 2.05) is 4.90 Å². The van der Waals surface area contributed by atoms with Gasteiger partial charge in [-0.25, -0.2) is 13.4 Å². The van der Waals surface area contributed by atoms with Gasteiger partial charge in [-0.1, -0.05) is 19.3 Å². The number of esters is 1. The molecule has 1 amide bonds. The number of sulfone groups is 1. The molecular weight excluding hydrogens is 499 g/mol. The van der Waals surface area contributed by atoms with Crippen LogP contribution in [-0.2, 0) is 30.3 Å². The van der Waals surface area contributed by atoms with E-state index in [0.29, 0.717) is 38.2 Å². The van der Waals surface area contributed by atoms with Crippen LogP contribution in [0.3, 0.4) is 0 Å². The number of anilines is 1. The molecule has 0 spiro atoms. The van der Waals surface area contributed by atoms with Crippen molar-refractivity contribution in [1.29, 1.82) is 0 Å². The van der Waals surface area contributed by atoms with E-state index in [1.54, 1.807) is 4.90 Å². The molecule has 4 rings (SSSR count). The fourth-order valence-corrected chi connectivity index (χ4v) is 7.18. The third-order valence-electron chi connectivity index (χ3n) is 7.42. The minimum Gasteiger partial charge on any atom is -0.455 e. The summed E-state index contributed by atoms with van der Waals surface area (Å²) in [5.74, 6) is -0.798. The largest absolute Gasteiger partial charge is 0.455 e. The highest BCUT2D eigenvalue weighted by Crippen LogP contribution is 2.31. The molecule has 2 aliphatic heterocycles. The van der Waals surface area contributed by atoms with Crippen LogP contribution in [0.5, 0.6) is 0 Å². The van der Waals surface area contributed by atoms with E-state index in [2.05, 4.69) is 4.98 Å². The highest BCUT2D eigenvalue weighted by atomic mass is 32.2. The van der Waals surface area contributed by atoms with Crippen LogP contribution in [0.25, 0.3) is 0 Å². The Bertz CT molecular complexity index is 1030. The van der Waals surface area contributed by atoms with Crippen LogP contribution in [0.15, 0.2) is 18.3 Å². The number of pyridine rings is 1. The summed E-state index contributed by atoms with van der Waals surface area (Å²) in [4.78, 5) is 33.2. The lowest BCUT2D eigenvalue weighted by Gasteiger charge is -2.38. The standard InChI is InChI=1S/C24H32F3N3O5S/c25-24(26,27)18-6-7-21(28-14-18)29-11-8-17(9-12-29)23(32)35-15-22(31)30(19-4-2-1-3-5-19)20-10-13-36(33,34)16-20/h6-7,14,17,19-20H,1-5,8-13,15-16H2/t20-/m1/s1. The first-order valence-corrected chi connectivity index (χ1v) is 14.3. The third kappa shape index (κ3) is 6.49. The van der Waals surface area contributed by atoms with Crippen molar-refractivity contribution in [2.45, 2.75) is 69.6 Å². The number of hydrogen-bond acceptors (Lipinski definition) is 7. The molecule has 0 radical (unpaired) electrons. The lowest BCUT2D eigenvalue weighted by Crippen LogP contribution is -2.50. The summed E-state index contributed by atoms with van der Waals surface area (Å²) < 4.78 is 67.7. The minimum atomic E-state index is -4.45. The predicted molar refractivity (Wildman–Crippen MR) is 126 cm³/mol. The average molecular weight is 532 g/mol. The van der Waals surface area contributed by atoms with Crippen LogP contribution in [0.4, 0.5) is 19.0 Å². The average Bonchev–Trinajstić information content (AvgIpc) is 3.22. The summed E-state index contributed by atoms with van der Waals surface area (Å²) in [6, 6.07) is 1.91. The number of carbonyl (C=O) groups excluding carboxylic acids is 2. The van der Waals surface area contributed by atoms with Gasteiger partial charge in [0.05, 0.1) is 23.0 Å². The van der Waals surface area contributed by atoms with Crippen molar-refractivity contribution < 1.29 is 35.9 Å². The smallest absolute Gasteiger partial charge is 0.417 e. The first-order valence-electron chi connectivity index (χ1n) is 12.5. The van der Waals surface area contributed by atoms with Gasteiger partial charge >= 0.3 is 12.1 Å². The quantitative estimate of drug-likeness (QED) is 0.520. The van der Waals surface area contributed by atoms with Gasteiger partial charge in [0, 0.05) is 31.4 Å². The van der Waals surface area contributed by atoms with Crippen molar-refractivity contribution in [3.05, 3.63) is 23.9 Å². The Morgan fingerprint density at radius 1 is 1.03 bits per heavy atom. The van der Waals surface area contributed by atoms with Gasteiger partial charge in [0.15, 0.2) is 16.4 Å². The van der Waals surface area contributed by atoms with Gasteiger partial charge in [-0.15, -0.1) is 0 Å². The minimum absolute atomic E-state index is 0.0253. The van der Waals surface area contributed by atoms with Gasteiger partial charge in [-0.2, -0.15) is 13.2 Å². The molecule has 1 atom stereocenters. The molecule has 1 aromatic heterocycles. The monoisotopic (exact) mass is 531 g/mol. The molecule has 3 fully saturated rings. The van der Waals surface area contributed by atoms with Crippen molar-refractivity contribution >= 4 is 27.5 Å². The van der Waals surface area contributed by atoms with Crippen LogP contribution >= 0.6 is 0 Å². The molecule has 0 unspecified atom stereocenters. The Kier molecular flexibility index (Phi) is 8.11. The van der Waals surface area contributed by atoms with Crippen LogP contribution in [-0.4, -0.2) is 73.5 Å². The summed E-state index contributed by atoms with van der Waals surface area (Å²) >= 11 is 0. The van der Waals surface area contributed by atoms with Crippen LogP contribution < -0.4 is 4.90 Å². The zero-order valence-corrected chi connectivity index (χ0v) is 20.9. The summed E-state index contributed by atoms with van der Waals surface area (Å²) in [5.41, 5.74) is -0.813. The van der Waals surface area contributed by atoms with E-state index in [9.17, 15) is 31.2 Å². The second-order valence-electron chi connectivity index (χ2n) is 9.92. The van der Waals surface area contributed by atoms with Gasteiger partial charge in [-0.05, 0) is 44.2 Å². The first-order chi connectivity index (χ1) is 17.0. The molecular formula is C24H32F3N3O5S. The Hall–Kier alpha value is -2.37. The number of rotatable bonds is 6. The second-order valence-corrected chi connectivity index (χ2v) is 12.2. The summed E-state index contributed by atoms with van der Waals surface area (Å²) in [6.07, 6.45) is 2.35. The molecule has 3 heterocycles. The van der Waals surface area contributed by atoms with Gasteiger partial charge < -0.3 is 14.5 Å². The lowest BCUT2D eigenvalue weighted by molar-refractivity contribution is -0.158. The van der Waals surface area contributed by atoms with Crippen LogP contribution in [0.2, 0.25) is 0 Å². The molecule has 0 bridgehead atoms. The molecule has 3 aliphatic rings. The molecule has 36 heavy (non-hydrogen) atoms. The highest BCUT2D eigenvalue weighted by Gasteiger charge is 2.39. The summed E-state index contributed by atoms with van der Waals surface area (Å²) in [5, 5.41) is 0. The second kappa shape index (κ2) is 10.9. The van der Waals surface area contributed by atoms with Crippen LogP contribution in [0, 0.1) is 5.92 Å². The predicted octanol–water partition coefficient (Wildman–Crippen LogP) is 3.21. The van der Waals surface area contributed by atoms with Gasteiger partial charge in [0.2, 0.25) is 0 Å². The maximum absolute atomic E-state index is 13.1. The van der Waals surface area contributed by atoms with E-state index >= 15 is 0 Å². The maximum Gasteiger partial charge on any atom is 0.417 e. The molecule has 8 nitrogen and oxygen atoms in total. The Morgan fingerprint density at radius 2 is 1.72 bits per heavy atom. The molecule has 1 saturated carbocycles. The van der Waals surface area contributed by atoms with Gasteiger partial charge in [-0.3, -0.25) is 9.59 Å². The van der Waals surface area contributed by atoms with Crippen molar-refractivity contribution in [2.75, 3.05) is 36.1 Å². The van der Waals surface area contributed by atoms with Crippen LogP contribution in [0.1, 0.15) is 56.9 Å². The molecule has 2 saturated heterocycles. The molecule has 0 N–H and O–H groups in total. The zero-order chi connectivity index (χ0) is 25.9. The van der Waals surface area contributed by atoms with Gasteiger partial charge in [0.1, 0.15) is 5.82 Å². The number of nitrogens with zero attached hydrogens (tertiary/aromatic N) is 3. The Labute approximate surface area is 209 Å². The Morgan fingerprint density at radius 3 is 2.28 bits per heavy atom. The summed E-state index contributed by atoms with van der Waals surface area (Å²) in [6.45, 7) is 0.451. The van der Waals surface area contributed by atoms with E-state index < -0.39 is 40.1 Å². The molecule has 1 aromatic rings. The topological polar surface area (TPSA) is 96.9 Å². The van der Waals surface area contributed by atoms with Gasteiger partial charge in [0.25, 0.3) is 5.91 Å². The Balaban J connectivity index is 1.29. The fourth-order valence-electron chi connectivity index (χ4n) is 5.47. The van der Waals surface area contributed by atoms with Crippen molar-refractivity contribution in [3.63, 3.8) is 0 Å². The van der Waals surface area contributed by atoms with Crippen molar-refractivity contribution in [2.24, 2.45) is 5.92 Å². The molecule has 1 aliphatic carbocycles. The van der Waals surface area contributed by atoms with Crippen molar-refractivity contribution in [1.82, 2.24) is 9.88 Å². The molecule has 0 aromatic carbocycles. The number of ether oxygens (including phenoxy) is 1. The third-order valence-corrected chi connectivity index (χ3v) is 9.17. The normalized spacial score (nSPS) is 23.4. The van der Waals surface area contributed by atoms with Crippen molar-refractivity contribution in [3.8, 4) is 0 Å². The SMILES string of the molecule is O=C(OCC(=O)N(C1CCCCC1)[C@@H]1CCS(=O)(=O)C1)C1CCN(c2ccc(C(F)(F)F)cn2)CC1. The zero-order valence-electron chi connectivity index (χ0n) is 20.1. The number of alkyl halides is 3. The lowest BCUT2D eigenvalue weighted by atomic mass is 9.93.